The third-order valence-corrected chi connectivity index (χ3v) is 7.38. The number of aliphatic hydroxyl groups is 1. The number of carbonyl (C=O) groups excluding carboxylic acids is 1. The molecule has 3 saturated heterocycles. The Balaban J connectivity index is 1.20. The molecule has 1 aromatic rings. The van der Waals surface area contributed by atoms with Crippen molar-refractivity contribution in [3.63, 3.8) is 0 Å². The second kappa shape index (κ2) is 9.59. The van der Waals surface area contributed by atoms with E-state index >= 15 is 0 Å². The maximum absolute atomic E-state index is 12.8. The summed E-state index contributed by atoms with van der Waals surface area (Å²) in [7, 11) is 0. The average Bonchev–Trinajstić information content (AvgIpc) is 2.76. The van der Waals surface area contributed by atoms with Crippen molar-refractivity contribution in [3.05, 3.63) is 35.4 Å². The molecule has 5 nitrogen and oxygen atoms in total. The number of carbonyl (C=O) groups is 1. The summed E-state index contributed by atoms with van der Waals surface area (Å²) in [6, 6.07) is 9.41. The van der Waals surface area contributed by atoms with Crippen LogP contribution in [0.25, 0.3) is 0 Å². The number of benzene rings is 1. The van der Waals surface area contributed by atoms with Gasteiger partial charge >= 0.3 is 0 Å². The second-order valence-electron chi connectivity index (χ2n) is 9.30. The Labute approximate surface area is 175 Å². The van der Waals surface area contributed by atoms with Crippen LogP contribution in [0.5, 0.6) is 0 Å². The van der Waals surface area contributed by atoms with Crippen molar-refractivity contribution in [2.24, 2.45) is 5.92 Å². The van der Waals surface area contributed by atoms with Crippen molar-refractivity contribution in [2.45, 2.75) is 64.1 Å². The third kappa shape index (κ3) is 5.19. The van der Waals surface area contributed by atoms with Gasteiger partial charge in [-0.25, -0.2) is 0 Å². The van der Waals surface area contributed by atoms with Crippen LogP contribution in [0, 0.1) is 12.8 Å². The van der Waals surface area contributed by atoms with E-state index in [0.29, 0.717) is 11.9 Å². The van der Waals surface area contributed by atoms with E-state index in [1.54, 1.807) is 0 Å². The van der Waals surface area contributed by atoms with Gasteiger partial charge in [0.2, 0.25) is 5.91 Å². The number of hydrogen-bond donors (Lipinski definition) is 1. The van der Waals surface area contributed by atoms with Gasteiger partial charge in [0.05, 0.1) is 6.10 Å². The van der Waals surface area contributed by atoms with E-state index in [9.17, 15) is 9.90 Å². The Hall–Kier alpha value is -1.43. The Bertz CT molecular complexity index is 670. The van der Waals surface area contributed by atoms with Crippen LogP contribution in [-0.2, 0) is 11.3 Å². The zero-order chi connectivity index (χ0) is 20.2. The van der Waals surface area contributed by atoms with Crippen molar-refractivity contribution in [2.75, 3.05) is 39.3 Å². The molecule has 1 amide bonds. The number of amides is 1. The van der Waals surface area contributed by atoms with E-state index in [4.69, 9.17) is 0 Å². The Morgan fingerprint density at radius 3 is 2.24 bits per heavy atom. The molecule has 0 atom stereocenters. The first-order chi connectivity index (χ1) is 14.1. The SMILES string of the molecule is Cc1ccccc1CN1CCC(N2CCC(C(=O)N3CCC(O)CC3)CC2)CC1. The summed E-state index contributed by atoms with van der Waals surface area (Å²) < 4.78 is 0. The summed E-state index contributed by atoms with van der Waals surface area (Å²) in [6.45, 7) is 9.23. The standard InChI is InChI=1S/C24H37N3O2/c1-19-4-2-3-5-21(19)18-25-12-8-22(9-13-25)26-14-6-20(7-15-26)24(29)27-16-10-23(28)11-17-27/h2-5,20,22-23,28H,6-18H2,1H3. The van der Waals surface area contributed by atoms with Crippen LogP contribution in [-0.4, -0.2) is 77.1 Å². The van der Waals surface area contributed by atoms with Gasteiger partial charge in [0, 0.05) is 31.6 Å². The third-order valence-electron chi connectivity index (χ3n) is 7.38. The minimum atomic E-state index is -0.211. The molecule has 0 saturated carbocycles. The molecule has 3 aliphatic rings. The van der Waals surface area contributed by atoms with Crippen molar-refractivity contribution in [1.82, 2.24) is 14.7 Å². The molecule has 4 rings (SSSR count). The molecule has 0 aliphatic carbocycles. The summed E-state index contributed by atoms with van der Waals surface area (Å²) in [6.07, 6.45) is 5.76. The first-order valence-electron chi connectivity index (χ1n) is 11.6. The number of piperidine rings is 3. The van der Waals surface area contributed by atoms with E-state index in [-0.39, 0.29) is 12.0 Å². The molecule has 1 N–H and O–H groups in total. The molecule has 0 radical (unpaired) electrons. The van der Waals surface area contributed by atoms with Crippen molar-refractivity contribution < 1.29 is 9.90 Å². The fraction of sp³-hybridized carbons (Fsp3) is 0.708. The highest BCUT2D eigenvalue weighted by Crippen LogP contribution is 2.27. The second-order valence-corrected chi connectivity index (χ2v) is 9.30. The number of aliphatic hydroxyl groups excluding tert-OH is 1. The van der Waals surface area contributed by atoms with Gasteiger partial charge in [0.15, 0.2) is 0 Å². The van der Waals surface area contributed by atoms with E-state index in [1.165, 1.54) is 37.1 Å². The number of rotatable bonds is 4. The molecular weight excluding hydrogens is 362 g/mol. The summed E-state index contributed by atoms with van der Waals surface area (Å²) in [5.41, 5.74) is 2.85. The molecule has 0 spiro atoms. The first-order valence-corrected chi connectivity index (χ1v) is 11.6. The largest absolute Gasteiger partial charge is 0.393 e. The summed E-state index contributed by atoms with van der Waals surface area (Å²) in [4.78, 5) is 20.0. The molecule has 3 aliphatic heterocycles. The fourth-order valence-corrected chi connectivity index (χ4v) is 5.33. The molecule has 5 heteroatoms. The van der Waals surface area contributed by atoms with Crippen molar-refractivity contribution >= 4 is 5.91 Å². The van der Waals surface area contributed by atoms with Crippen LogP contribution in [0.2, 0.25) is 0 Å². The molecule has 29 heavy (non-hydrogen) atoms. The van der Waals surface area contributed by atoms with Crippen LogP contribution in [0.15, 0.2) is 24.3 Å². The van der Waals surface area contributed by atoms with Crippen molar-refractivity contribution in [3.8, 4) is 0 Å². The molecule has 0 unspecified atom stereocenters. The molecule has 3 heterocycles. The lowest BCUT2D eigenvalue weighted by atomic mass is 9.91. The van der Waals surface area contributed by atoms with Gasteiger partial charge in [-0.3, -0.25) is 9.69 Å². The Morgan fingerprint density at radius 2 is 1.59 bits per heavy atom. The highest BCUT2D eigenvalue weighted by atomic mass is 16.3. The molecule has 0 bridgehead atoms. The maximum atomic E-state index is 12.8. The van der Waals surface area contributed by atoms with Gasteiger partial charge in [-0.2, -0.15) is 0 Å². The summed E-state index contributed by atoms with van der Waals surface area (Å²) >= 11 is 0. The van der Waals surface area contributed by atoms with Gasteiger partial charge in [-0.1, -0.05) is 24.3 Å². The number of likely N-dealkylation sites (tertiary alicyclic amines) is 3. The smallest absolute Gasteiger partial charge is 0.225 e. The topological polar surface area (TPSA) is 47.0 Å². The minimum absolute atomic E-state index is 0.197. The van der Waals surface area contributed by atoms with E-state index in [0.717, 1.165) is 58.4 Å². The highest BCUT2D eigenvalue weighted by molar-refractivity contribution is 5.79. The summed E-state index contributed by atoms with van der Waals surface area (Å²) in [5.74, 6) is 0.534. The Kier molecular flexibility index (Phi) is 6.88. The minimum Gasteiger partial charge on any atom is -0.393 e. The lowest BCUT2D eigenvalue weighted by Crippen LogP contribution is -2.50. The molecule has 160 valence electrons. The van der Waals surface area contributed by atoms with Gasteiger partial charge in [-0.05, 0) is 82.8 Å². The van der Waals surface area contributed by atoms with Crippen LogP contribution >= 0.6 is 0 Å². The lowest BCUT2D eigenvalue weighted by Gasteiger charge is -2.42. The van der Waals surface area contributed by atoms with Crippen LogP contribution in [0.4, 0.5) is 0 Å². The van der Waals surface area contributed by atoms with Crippen LogP contribution < -0.4 is 0 Å². The average molecular weight is 400 g/mol. The zero-order valence-corrected chi connectivity index (χ0v) is 17.9. The molecule has 0 aromatic heterocycles. The van der Waals surface area contributed by atoms with Gasteiger partial charge in [-0.15, -0.1) is 0 Å². The Morgan fingerprint density at radius 1 is 0.931 bits per heavy atom. The number of nitrogens with zero attached hydrogens (tertiary/aromatic N) is 3. The predicted octanol–water partition coefficient (Wildman–Crippen LogP) is 2.65. The summed E-state index contributed by atoms with van der Waals surface area (Å²) in [5, 5.41) is 9.66. The van der Waals surface area contributed by atoms with Gasteiger partial charge in [0.25, 0.3) is 0 Å². The number of aryl methyl sites for hydroxylation is 1. The van der Waals surface area contributed by atoms with Gasteiger partial charge < -0.3 is 14.9 Å². The lowest BCUT2D eigenvalue weighted by molar-refractivity contribution is -0.139. The maximum Gasteiger partial charge on any atom is 0.225 e. The van der Waals surface area contributed by atoms with Crippen LogP contribution in [0.1, 0.15) is 49.7 Å². The molecule has 1 aromatic carbocycles. The normalized spacial score (nSPS) is 24.1. The quantitative estimate of drug-likeness (QED) is 0.846. The molecular formula is C24H37N3O2. The van der Waals surface area contributed by atoms with Gasteiger partial charge in [0.1, 0.15) is 0 Å². The number of hydrogen-bond acceptors (Lipinski definition) is 4. The fourth-order valence-electron chi connectivity index (χ4n) is 5.33. The van der Waals surface area contributed by atoms with E-state index in [2.05, 4.69) is 41.0 Å². The van der Waals surface area contributed by atoms with E-state index in [1.807, 2.05) is 4.90 Å². The monoisotopic (exact) mass is 399 g/mol. The van der Waals surface area contributed by atoms with Crippen molar-refractivity contribution in [1.29, 1.82) is 0 Å². The van der Waals surface area contributed by atoms with E-state index < -0.39 is 0 Å². The zero-order valence-electron chi connectivity index (χ0n) is 17.9. The first kappa shape index (κ1) is 20.8. The molecule has 3 fully saturated rings. The predicted molar refractivity (Wildman–Crippen MR) is 116 cm³/mol. The highest BCUT2D eigenvalue weighted by Gasteiger charge is 2.33. The van der Waals surface area contributed by atoms with Crippen LogP contribution in [0.3, 0.4) is 0 Å².